The van der Waals surface area contributed by atoms with Gasteiger partial charge in [-0.25, -0.2) is 8.42 Å². The molecule has 35 heavy (non-hydrogen) atoms. The molecule has 2 aromatic rings. The van der Waals surface area contributed by atoms with Crippen LogP contribution in [0.15, 0.2) is 41.3 Å². The maximum atomic E-state index is 13.6. The van der Waals surface area contributed by atoms with E-state index in [0.29, 0.717) is 30.5 Å². The van der Waals surface area contributed by atoms with E-state index < -0.39 is 44.7 Å². The van der Waals surface area contributed by atoms with Gasteiger partial charge in [0.25, 0.3) is 0 Å². The Labute approximate surface area is 208 Å². The monoisotopic (exact) mass is 532 g/mol. The molecule has 2 unspecified atom stereocenters. The van der Waals surface area contributed by atoms with Gasteiger partial charge in [-0.1, -0.05) is 31.5 Å². The van der Waals surface area contributed by atoms with Gasteiger partial charge in [-0.3, -0.25) is 4.79 Å². The molecule has 0 amide bonds. The standard InChI is InChI=1S/C24H28ClF3N2O4S/c1-4-16(14-29(3)17-8-11-21(22(25)12-17)24(26,27)28)30(5-2)35(33,34)18-9-6-15-7-10-19(23(31)32)20(15)13-18/h6,8-9,11-13,16,19H,4-5,7,10,14H2,1-3H3,(H,31,32). The van der Waals surface area contributed by atoms with E-state index in [1.807, 2.05) is 6.92 Å². The molecule has 0 saturated heterocycles. The highest BCUT2D eigenvalue weighted by Crippen LogP contribution is 2.37. The van der Waals surface area contributed by atoms with Crippen LogP contribution >= 0.6 is 11.6 Å². The minimum Gasteiger partial charge on any atom is -0.481 e. The smallest absolute Gasteiger partial charge is 0.417 e. The first-order valence-corrected chi connectivity index (χ1v) is 13.1. The Balaban J connectivity index is 1.87. The molecule has 1 aliphatic rings. The summed E-state index contributed by atoms with van der Waals surface area (Å²) in [5, 5.41) is 9.06. The van der Waals surface area contributed by atoms with Crippen molar-refractivity contribution in [3.05, 3.63) is 58.1 Å². The van der Waals surface area contributed by atoms with Crippen molar-refractivity contribution in [2.75, 3.05) is 25.0 Å². The van der Waals surface area contributed by atoms with Gasteiger partial charge in [0, 0.05) is 31.9 Å². The van der Waals surface area contributed by atoms with Gasteiger partial charge in [0.15, 0.2) is 0 Å². The SMILES string of the molecule is CCC(CN(C)c1ccc(C(F)(F)F)c(Cl)c1)N(CC)S(=O)(=O)c1ccc2c(c1)C(C(=O)O)CC2. The summed E-state index contributed by atoms with van der Waals surface area (Å²) in [6.07, 6.45) is -3.09. The first-order chi connectivity index (χ1) is 16.3. The topological polar surface area (TPSA) is 77.9 Å². The molecule has 2 atom stereocenters. The predicted molar refractivity (Wildman–Crippen MR) is 129 cm³/mol. The van der Waals surface area contributed by atoms with Crippen molar-refractivity contribution in [2.24, 2.45) is 0 Å². The maximum Gasteiger partial charge on any atom is 0.417 e. The molecule has 1 aliphatic carbocycles. The molecule has 0 aromatic heterocycles. The number of benzene rings is 2. The lowest BCUT2D eigenvalue weighted by atomic mass is 10.0. The number of alkyl halides is 3. The second kappa shape index (κ2) is 10.4. The molecule has 0 radical (unpaired) electrons. The summed E-state index contributed by atoms with van der Waals surface area (Å²) in [4.78, 5) is 13.3. The summed E-state index contributed by atoms with van der Waals surface area (Å²) in [5.74, 6) is -1.71. The van der Waals surface area contributed by atoms with Crippen molar-refractivity contribution in [1.29, 1.82) is 0 Å². The number of carboxylic acid groups (broad SMARTS) is 1. The minimum atomic E-state index is -4.57. The lowest BCUT2D eigenvalue weighted by Crippen LogP contribution is -2.46. The molecule has 6 nitrogen and oxygen atoms in total. The zero-order valence-corrected chi connectivity index (χ0v) is 21.2. The number of anilines is 1. The van der Waals surface area contributed by atoms with Gasteiger partial charge in [-0.05, 0) is 60.7 Å². The van der Waals surface area contributed by atoms with Crippen molar-refractivity contribution < 1.29 is 31.5 Å². The Kier molecular flexibility index (Phi) is 8.08. The van der Waals surface area contributed by atoms with Crippen molar-refractivity contribution in [2.45, 2.75) is 56.1 Å². The molecule has 0 heterocycles. The molecule has 0 fully saturated rings. The maximum absolute atomic E-state index is 13.6. The van der Waals surface area contributed by atoms with Gasteiger partial charge in [-0.2, -0.15) is 17.5 Å². The average Bonchev–Trinajstić information content (AvgIpc) is 3.21. The third kappa shape index (κ3) is 5.59. The van der Waals surface area contributed by atoms with Crippen molar-refractivity contribution in [3.8, 4) is 0 Å². The van der Waals surface area contributed by atoms with Crippen LogP contribution in [-0.4, -0.2) is 50.0 Å². The highest BCUT2D eigenvalue weighted by atomic mass is 35.5. The first kappa shape index (κ1) is 27.3. The van der Waals surface area contributed by atoms with Gasteiger partial charge >= 0.3 is 12.1 Å². The summed E-state index contributed by atoms with van der Waals surface area (Å²) in [6, 6.07) is 7.59. The van der Waals surface area contributed by atoms with Crippen molar-refractivity contribution in [3.63, 3.8) is 0 Å². The van der Waals surface area contributed by atoms with Crippen LogP contribution in [0.1, 0.15) is 49.3 Å². The molecule has 11 heteroatoms. The van der Waals surface area contributed by atoms with E-state index in [9.17, 15) is 31.5 Å². The highest BCUT2D eigenvalue weighted by Gasteiger charge is 2.35. The fourth-order valence-electron chi connectivity index (χ4n) is 4.57. The molecule has 192 valence electrons. The zero-order valence-electron chi connectivity index (χ0n) is 19.6. The summed E-state index contributed by atoms with van der Waals surface area (Å²) < 4.78 is 67.6. The number of aliphatic carboxylic acids is 1. The fourth-order valence-corrected chi connectivity index (χ4v) is 6.59. The van der Waals surface area contributed by atoms with Gasteiger partial charge in [0.1, 0.15) is 0 Å². The number of hydrogen-bond acceptors (Lipinski definition) is 4. The molecule has 2 aromatic carbocycles. The van der Waals surface area contributed by atoms with Crippen LogP contribution < -0.4 is 4.90 Å². The third-order valence-electron chi connectivity index (χ3n) is 6.47. The second-order valence-electron chi connectivity index (χ2n) is 8.60. The second-order valence-corrected chi connectivity index (χ2v) is 10.9. The molecule has 0 spiro atoms. The Morgan fingerprint density at radius 2 is 1.89 bits per heavy atom. The van der Waals surface area contributed by atoms with Gasteiger partial charge in [-0.15, -0.1) is 0 Å². The van der Waals surface area contributed by atoms with Crippen LogP contribution in [0, 0.1) is 0 Å². The Hall–Kier alpha value is -2.30. The van der Waals surface area contributed by atoms with E-state index in [-0.39, 0.29) is 18.0 Å². The molecule has 0 saturated carbocycles. The van der Waals surface area contributed by atoms with Crippen LogP contribution in [0.25, 0.3) is 0 Å². The molecule has 0 aliphatic heterocycles. The van der Waals surface area contributed by atoms with E-state index in [4.69, 9.17) is 11.6 Å². The fraction of sp³-hybridized carbons (Fsp3) is 0.458. The summed E-state index contributed by atoms with van der Waals surface area (Å²) in [7, 11) is -2.29. The van der Waals surface area contributed by atoms with E-state index in [1.54, 1.807) is 24.9 Å². The summed E-state index contributed by atoms with van der Waals surface area (Å²) >= 11 is 5.86. The number of carbonyl (C=O) groups is 1. The Morgan fingerprint density at radius 3 is 2.43 bits per heavy atom. The largest absolute Gasteiger partial charge is 0.481 e. The first-order valence-electron chi connectivity index (χ1n) is 11.3. The van der Waals surface area contributed by atoms with Crippen LogP contribution in [0.5, 0.6) is 0 Å². The van der Waals surface area contributed by atoms with Crippen LogP contribution in [0.2, 0.25) is 5.02 Å². The summed E-state index contributed by atoms with van der Waals surface area (Å²) in [6.45, 7) is 3.93. The highest BCUT2D eigenvalue weighted by molar-refractivity contribution is 7.89. The number of nitrogens with zero attached hydrogens (tertiary/aromatic N) is 2. The van der Waals surface area contributed by atoms with E-state index in [0.717, 1.165) is 11.6 Å². The number of halogens is 4. The minimum absolute atomic E-state index is 0.0323. The number of aryl methyl sites for hydroxylation is 1. The quantitative estimate of drug-likeness (QED) is 0.468. The number of sulfonamides is 1. The normalized spacial score (nSPS) is 16.9. The number of rotatable bonds is 9. The lowest BCUT2D eigenvalue weighted by molar-refractivity contribution is -0.139. The Bertz CT molecular complexity index is 1200. The van der Waals surface area contributed by atoms with E-state index in [1.165, 1.54) is 28.6 Å². The van der Waals surface area contributed by atoms with Crippen LogP contribution in [0.3, 0.4) is 0 Å². The molecule has 3 rings (SSSR count). The molecule has 1 N–H and O–H groups in total. The zero-order chi connectivity index (χ0) is 26.1. The predicted octanol–water partition coefficient (Wildman–Crippen LogP) is 5.40. The number of likely N-dealkylation sites (N-methyl/N-ethyl adjacent to an activating group) is 2. The van der Waals surface area contributed by atoms with E-state index in [2.05, 4.69) is 0 Å². The van der Waals surface area contributed by atoms with Crippen molar-refractivity contribution in [1.82, 2.24) is 4.31 Å². The average molecular weight is 533 g/mol. The number of hydrogen-bond donors (Lipinski definition) is 1. The van der Waals surface area contributed by atoms with Gasteiger partial charge in [0.05, 0.1) is 21.4 Å². The van der Waals surface area contributed by atoms with E-state index >= 15 is 0 Å². The Morgan fingerprint density at radius 1 is 1.20 bits per heavy atom. The molecular formula is C24H28ClF3N2O4S. The van der Waals surface area contributed by atoms with Crippen LogP contribution in [0.4, 0.5) is 18.9 Å². The number of carboxylic acids is 1. The summed E-state index contributed by atoms with van der Waals surface area (Å²) in [5.41, 5.74) is 0.860. The van der Waals surface area contributed by atoms with Crippen LogP contribution in [-0.2, 0) is 27.4 Å². The molecule has 0 bridgehead atoms. The third-order valence-corrected chi connectivity index (χ3v) is 8.81. The number of fused-ring (bicyclic) bond motifs is 1. The van der Waals surface area contributed by atoms with Gasteiger partial charge < -0.3 is 10.0 Å². The van der Waals surface area contributed by atoms with Crippen molar-refractivity contribution >= 4 is 33.3 Å². The molecular weight excluding hydrogens is 505 g/mol. The van der Waals surface area contributed by atoms with Gasteiger partial charge in [0.2, 0.25) is 10.0 Å². The lowest BCUT2D eigenvalue weighted by Gasteiger charge is -2.33.